The van der Waals surface area contributed by atoms with Gasteiger partial charge in [-0.05, 0) is 108 Å². The second kappa shape index (κ2) is 49.7. The van der Waals surface area contributed by atoms with E-state index in [4.69, 9.17) is 32.4 Å². The number of benzene rings is 1. The number of carbonyl (C=O) groups is 18. The molecule has 46 heteroatoms. The number of hydrogen-bond donors (Lipinski definition) is 25. The molecular weight excluding hydrogens is 1590 g/mol. The first-order chi connectivity index (χ1) is 56.8. The van der Waals surface area contributed by atoms with Gasteiger partial charge < -0.3 is 147 Å². The zero-order chi connectivity index (χ0) is 89.1. The summed E-state index contributed by atoms with van der Waals surface area (Å²) in [6.45, 7) is -2.63. The van der Waals surface area contributed by atoms with Crippen molar-refractivity contribution in [1.29, 1.82) is 0 Å². The topological polar surface area (TPSA) is 751 Å². The molecule has 120 heavy (non-hydrogen) atoms. The van der Waals surface area contributed by atoms with Crippen LogP contribution in [0.3, 0.4) is 0 Å². The molecule has 1 aromatic carbocycles. The van der Waals surface area contributed by atoms with Crippen LogP contribution in [0.2, 0.25) is 0 Å². The molecule has 1 saturated carbocycles. The minimum Gasteiger partial charge on any atom is -0.481 e. The number of rotatable bonds is 51. The summed E-state index contributed by atoms with van der Waals surface area (Å²) in [4.78, 5) is 241. The van der Waals surface area contributed by atoms with E-state index in [9.17, 15) is 127 Å². The highest BCUT2D eigenvalue weighted by molar-refractivity contribution is 6.00. The minimum atomic E-state index is -1.90. The van der Waals surface area contributed by atoms with Crippen molar-refractivity contribution in [1.82, 2.24) is 74.0 Å². The van der Waals surface area contributed by atoms with Crippen LogP contribution < -0.4 is 92.1 Å². The predicted molar refractivity (Wildman–Crippen MR) is 414 cm³/mol. The third-order valence-electron chi connectivity index (χ3n) is 20.7. The summed E-state index contributed by atoms with van der Waals surface area (Å²) in [5.41, 5.74) is 22.8. The lowest BCUT2D eigenvalue weighted by Gasteiger charge is -2.40. The standard InChI is InChI=1S/C74H116N18O28/c1-37(83-73(118)74(91-52(96)31-77)28-40-13-6-7-14-41(40)29-74)63(108)79-32-55(99)86-48(27-39-11-4-3-5-12-39)69(114)88-44(18-17-42(30-76)119-72-62(107)61(106)60(105)50(36-93)120-72)65(110)81-34-53(97)84-46(20-23-57(101)102)67(112)87-45(19-22-51(78)95)66(111)82-35-56(100)92-26-10-16-49(92)70(115)89-43(15-8-9-25-75)64(109)80-33-54(98)85-47(21-24-58(103)104)68(113)90-59(38(2)94)71(116)117/h6-7,13-14,37-39,42-50,59-62,72,93-94,105-107H,3-5,8-12,15-36,75-77H2,1-2H3,(H2,78,95)(H,79,108)(H,80,109)(H,81,110)(H,82,111)(H,83,118)(H,84,97)(H,85,98)(H,86,99)(H,87,112)(H,88,114)(H,89,115)(H,90,113)(H,91,96)(H,101,102)(H,103,104)(H,116,117)/t37-,38+,42+,43-,44-,45-,46-,47-,48-,49-,50+,59-,60-,61-,62+,72+/m0/s1. The van der Waals surface area contributed by atoms with Crippen LogP contribution in [0, 0.1) is 5.92 Å². The minimum absolute atomic E-state index is 0.00599. The predicted octanol–water partition coefficient (Wildman–Crippen LogP) is -10.6. The van der Waals surface area contributed by atoms with Gasteiger partial charge in [-0.2, -0.15) is 0 Å². The Morgan fingerprint density at radius 3 is 1.55 bits per heavy atom. The molecule has 29 N–H and O–H groups in total. The molecule has 0 bridgehead atoms. The number of primary amides is 1. The number of amides is 15. The van der Waals surface area contributed by atoms with Crippen molar-refractivity contribution in [3.8, 4) is 0 Å². The first-order valence-corrected chi connectivity index (χ1v) is 39.7. The van der Waals surface area contributed by atoms with E-state index >= 15 is 0 Å². The maximum atomic E-state index is 14.7. The fourth-order valence-electron chi connectivity index (χ4n) is 14.1. The van der Waals surface area contributed by atoms with Crippen LogP contribution in [-0.2, 0) is 109 Å². The second-order valence-corrected chi connectivity index (χ2v) is 30.0. The Labute approximate surface area is 689 Å². The van der Waals surface area contributed by atoms with E-state index < -0.39 is 294 Å². The molecule has 15 amide bonds. The molecule has 2 aliphatic carbocycles. The van der Waals surface area contributed by atoms with Gasteiger partial charge in [-0.25, -0.2) is 4.79 Å². The molecule has 0 spiro atoms. The maximum Gasteiger partial charge on any atom is 0.328 e. The van der Waals surface area contributed by atoms with Gasteiger partial charge in [0.25, 0.3) is 0 Å². The van der Waals surface area contributed by atoms with Crippen molar-refractivity contribution in [2.75, 3.05) is 59.0 Å². The first kappa shape index (κ1) is 99.8. The smallest absolute Gasteiger partial charge is 0.328 e. The average molecular weight is 1710 g/mol. The largest absolute Gasteiger partial charge is 0.481 e. The molecule has 2 heterocycles. The number of aliphatic hydroxyl groups is 5. The highest BCUT2D eigenvalue weighted by Gasteiger charge is 2.48. The molecule has 16 atom stereocenters. The van der Waals surface area contributed by atoms with Gasteiger partial charge in [0.1, 0.15) is 78.3 Å². The molecule has 2 aliphatic heterocycles. The number of nitrogens with one attached hydrogen (secondary N) is 13. The van der Waals surface area contributed by atoms with Crippen molar-refractivity contribution in [2.24, 2.45) is 28.9 Å². The van der Waals surface area contributed by atoms with Crippen LogP contribution in [-0.4, -0.2) is 314 Å². The molecule has 3 fully saturated rings. The van der Waals surface area contributed by atoms with Gasteiger partial charge in [-0.3, -0.25) is 81.5 Å². The number of fused-ring (bicyclic) bond motifs is 1. The van der Waals surface area contributed by atoms with E-state index in [0.717, 1.165) is 42.2 Å². The van der Waals surface area contributed by atoms with Crippen LogP contribution >= 0.6 is 0 Å². The summed E-state index contributed by atoms with van der Waals surface area (Å²) in [6.07, 6.45) is -11.4. The summed E-state index contributed by atoms with van der Waals surface area (Å²) in [5.74, 6) is -19.2. The Hall–Kier alpha value is -10.7. The van der Waals surface area contributed by atoms with Crippen LogP contribution in [0.4, 0.5) is 0 Å². The number of ether oxygens (including phenoxy) is 2. The first-order valence-electron chi connectivity index (χ1n) is 39.7. The van der Waals surface area contributed by atoms with Crippen molar-refractivity contribution < 1.29 is 137 Å². The molecule has 0 radical (unpaired) electrons. The van der Waals surface area contributed by atoms with Crippen molar-refractivity contribution in [2.45, 2.75) is 252 Å². The van der Waals surface area contributed by atoms with E-state index in [1.165, 1.54) is 6.92 Å². The molecule has 0 unspecified atom stereocenters. The third kappa shape index (κ3) is 32.1. The van der Waals surface area contributed by atoms with Gasteiger partial charge in [0, 0.05) is 45.2 Å². The van der Waals surface area contributed by atoms with Gasteiger partial charge in [-0.1, -0.05) is 56.4 Å². The molecule has 4 aliphatic rings. The summed E-state index contributed by atoms with van der Waals surface area (Å²) < 4.78 is 11.3. The SMILES string of the molecule is C[C@H](NC(=O)C1(NC(=O)CN)Cc2ccccc2C1)C(=O)NCC(=O)N[C@@H](CC1CCCCC1)C(=O)N[C@@H](CC[C@H](CN)O[C@@H]1O[C@H](CO)[C@H](O)[C@H](O)[C@H]1O)C(=O)NCC(=O)N[C@@H](CCC(=O)O)C(=O)N[C@@H](CCC(N)=O)C(=O)NCC(=O)N1CCC[C@H]1C(=O)N[C@@H](CCCCN)C(=O)NCC(=O)N[C@@H](CCC(=O)O)C(=O)N[C@H](C(=O)O)[C@@H](C)O. The lowest BCUT2D eigenvalue weighted by Crippen LogP contribution is -2.63. The molecule has 2 saturated heterocycles. The molecule has 1 aromatic rings. The molecular formula is C74H116N18O28. The Morgan fingerprint density at radius 2 is 1.04 bits per heavy atom. The van der Waals surface area contributed by atoms with Gasteiger partial charge >= 0.3 is 17.9 Å². The number of carboxylic acid groups (broad SMARTS) is 3. The van der Waals surface area contributed by atoms with E-state index in [1.807, 2.05) is 5.32 Å². The number of carboxylic acids is 3. The number of hydrogen-bond acceptors (Lipinski definition) is 28. The van der Waals surface area contributed by atoms with Crippen molar-refractivity contribution in [3.05, 3.63) is 35.4 Å². The van der Waals surface area contributed by atoms with Gasteiger partial charge in [0.15, 0.2) is 12.3 Å². The fraction of sp³-hybridized carbons (Fsp3) is 0.676. The third-order valence-corrected chi connectivity index (χ3v) is 20.7. The highest BCUT2D eigenvalue weighted by atomic mass is 16.7. The number of unbranched alkanes of at least 4 members (excludes halogenated alkanes) is 1. The number of nitrogens with two attached hydrogens (primary N) is 4. The molecule has 5 rings (SSSR count). The normalized spacial score (nSPS) is 20.5. The second-order valence-electron chi connectivity index (χ2n) is 30.0. The monoisotopic (exact) mass is 1700 g/mol. The number of aliphatic hydroxyl groups excluding tert-OH is 5. The highest BCUT2D eigenvalue weighted by Crippen LogP contribution is 2.32. The zero-order valence-electron chi connectivity index (χ0n) is 66.8. The number of nitrogens with zero attached hydrogens (tertiary/aromatic N) is 1. The van der Waals surface area contributed by atoms with Gasteiger partial charge in [0.05, 0.1) is 51.5 Å². The van der Waals surface area contributed by atoms with Crippen LogP contribution in [0.25, 0.3) is 0 Å². The Bertz CT molecular complexity index is 3730. The zero-order valence-corrected chi connectivity index (χ0v) is 66.8. The summed E-state index contributed by atoms with van der Waals surface area (Å²) in [7, 11) is 0. The van der Waals surface area contributed by atoms with E-state index in [0.29, 0.717) is 19.3 Å². The summed E-state index contributed by atoms with van der Waals surface area (Å²) in [6, 6.07) is -7.03. The van der Waals surface area contributed by atoms with Gasteiger partial charge in [0.2, 0.25) is 88.6 Å². The quantitative estimate of drug-likeness (QED) is 0.0269. The van der Waals surface area contributed by atoms with Crippen molar-refractivity contribution >= 4 is 107 Å². The molecule has 0 aromatic heterocycles. The van der Waals surface area contributed by atoms with Crippen molar-refractivity contribution in [3.63, 3.8) is 0 Å². The van der Waals surface area contributed by atoms with Crippen LogP contribution in [0.15, 0.2) is 24.3 Å². The lowest BCUT2D eigenvalue weighted by atomic mass is 9.84. The number of carbonyl (C=O) groups excluding carboxylic acids is 15. The van der Waals surface area contributed by atoms with E-state index in [1.54, 1.807) is 24.3 Å². The van der Waals surface area contributed by atoms with Gasteiger partial charge in [-0.15, -0.1) is 0 Å². The van der Waals surface area contributed by atoms with Crippen LogP contribution in [0.5, 0.6) is 0 Å². The summed E-state index contributed by atoms with van der Waals surface area (Å²) >= 11 is 0. The molecule has 670 valence electrons. The Kier molecular flexibility index (Phi) is 41.4. The fourth-order valence-corrected chi connectivity index (χ4v) is 14.1. The average Bonchev–Trinajstić information content (AvgIpc) is 1.62. The summed E-state index contributed by atoms with van der Waals surface area (Å²) in [5, 5.41) is 111. The lowest BCUT2D eigenvalue weighted by molar-refractivity contribution is -0.310. The maximum absolute atomic E-state index is 14.7. The van der Waals surface area contributed by atoms with E-state index in [2.05, 4.69) is 63.8 Å². The Balaban J connectivity index is 1.28. The Morgan fingerprint density at radius 1 is 0.542 bits per heavy atom. The molecule has 46 nitrogen and oxygen atoms in total. The van der Waals surface area contributed by atoms with E-state index in [-0.39, 0.29) is 76.9 Å². The number of likely N-dealkylation sites (tertiary alicyclic amines) is 1. The van der Waals surface area contributed by atoms with Crippen LogP contribution in [0.1, 0.15) is 147 Å². The number of aliphatic carboxylic acids is 3.